The summed E-state index contributed by atoms with van der Waals surface area (Å²) in [6.07, 6.45) is 1.75. The fourth-order valence-electron chi connectivity index (χ4n) is 1.78. The predicted octanol–water partition coefficient (Wildman–Crippen LogP) is 2.15. The van der Waals surface area contributed by atoms with Crippen LogP contribution in [0, 0.1) is 0 Å². The minimum Gasteiger partial charge on any atom is -0.466 e. The highest BCUT2D eigenvalue weighted by Gasteiger charge is 2.13. The van der Waals surface area contributed by atoms with Gasteiger partial charge in [0, 0.05) is 11.4 Å². The van der Waals surface area contributed by atoms with Crippen LogP contribution >= 0.6 is 23.1 Å². The third kappa shape index (κ3) is 5.31. The van der Waals surface area contributed by atoms with Gasteiger partial charge in [0.15, 0.2) is 10.3 Å². The Morgan fingerprint density at radius 2 is 2.25 bits per heavy atom. The molecule has 24 heavy (non-hydrogen) atoms. The second kappa shape index (κ2) is 8.78. The number of carbonyl (C=O) groups is 2. The van der Waals surface area contributed by atoms with Crippen molar-refractivity contribution in [2.45, 2.75) is 38.4 Å². The molecule has 2 aromatic heterocycles. The van der Waals surface area contributed by atoms with E-state index >= 15 is 0 Å². The first-order chi connectivity index (χ1) is 11.5. The van der Waals surface area contributed by atoms with Crippen LogP contribution in [0.15, 0.2) is 16.9 Å². The van der Waals surface area contributed by atoms with Crippen LogP contribution < -0.4 is 5.32 Å². The topological polar surface area (TPSA) is 99.0 Å². The third-order valence-electron chi connectivity index (χ3n) is 2.86. The molecule has 2 aromatic rings. The predicted molar refractivity (Wildman–Crippen MR) is 92.2 cm³/mol. The normalized spacial score (nSPS) is 10.8. The quantitative estimate of drug-likeness (QED) is 0.562. The van der Waals surface area contributed by atoms with Gasteiger partial charge in [0.1, 0.15) is 6.33 Å². The standard InChI is InChI=1S/C14H19N5O3S2/c1-4-22-12(21)5-10-6-23-13(16-10)17-11(20)7-24-14-18-15-8-19(14)9(2)3/h6,8-9H,4-5,7H2,1-3H3,(H,16,17,20). The zero-order valence-corrected chi connectivity index (χ0v) is 15.3. The molecular weight excluding hydrogens is 350 g/mol. The number of hydrogen-bond acceptors (Lipinski definition) is 8. The average molecular weight is 369 g/mol. The van der Waals surface area contributed by atoms with Crippen molar-refractivity contribution in [2.75, 3.05) is 17.7 Å². The minimum atomic E-state index is -0.329. The van der Waals surface area contributed by atoms with Crippen molar-refractivity contribution in [3.8, 4) is 0 Å². The Labute approximate surface area is 148 Å². The van der Waals surface area contributed by atoms with Gasteiger partial charge in [-0.15, -0.1) is 21.5 Å². The molecule has 0 saturated heterocycles. The Bertz CT molecular complexity index is 698. The number of aromatic nitrogens is 4. The highest BCUT2D eigenvalue weighted by Crippen LogP contribution is 2.20. The van der Waals surface area contributed by atoms with E-state index in [1.165, 1.54) is 23.1 Å². The van der Waals surface area contributed by atoms with Gasteiger partial charge >= 0.3 is 5.97 Å². The molecule has 2 heterocycles. The van der Waals surface area contributed by atoms with E-state index in [0.717, 1.165) is 0 Å². The molecule has 0 saturated carbocycles. The van der Waals surface area contributed by atoms with Gasteiger partial charge in [-0.05, 0) is 20.8 Å². The number of nitrogens with zero attached hydrogens (tertiary/aromatic N) is 4. The Morgan fingerprint density at radius 1 is 1.46 bits per heavy atom. The highest BCUT2D eigenvalue weighted by molar-refractivity contribution is 7.99. The molecular formula is C14H19N5O3S2. The number of amides is 1. The van der Waals surface area contributed by atoms with Crippen molar-refractivity contribution in [1.29, 1.82) is 0 Å². The van der Waals surface area contributed by atoms with E-state index < -0.39 is 0 Å². The Morgan fingerprint density at radius 3 is 2.96 bits per heavy atom. The zero-order valence-electron chi connectivity index (χ0n) is 13.7. The summed E-state index contributed by atoms with van der Waals surface area (Å²) >= 11 is 2.59. The zero-order chi connectivity index (χ0) is 17.5. The van der Waals surface area contributed by atoms with Crippen molar-refractivity contribution in [3.05, 3.63) is 17.4 Å². The van der Waals surface area contributed by atoms with Crippen molar-refractivity contribution in [3.63, 3.8) is 0 Å². The maximum atomic E-state index is 12.0. The Balaban J connectivity index is 1.83. The number of thioether (sulfide) groups is 1. The lowest BCUT2D eigenvalue weighted by atomic mass is 10.3. The van der Waals surface area contributed by atoms with Gasteiger partial charge in [0.05, 0.1) is 24.5 Å². The lowest BCUT2D eigenvalue weighted by Crippen LogP contribution is -2.15. The second-order valence-corrected chi connectivity index (χ2v) is 6.88. The molecule has 0 unspecified atom stereocenters. The van der Waals surface area contributed by atoms with Crippen molar-refractivity contribution in [2.24, 2.45) is 0 Å². The molecule has 1 N–H and O–H groups in total. The first kappa shape index (κ1) is 18.4. The molecule has 0 aliphatic rings. The van der Waals surface area contributed by atoms with Crippen molar-refractivity contribution in [1.82, 2.24) is 19.7 Å². The van der Waals surface area contributed by atoms with E-state index in [2.05, 4.69) is 20.5 Å². The van der Waals surface area contributed by atoms with Gasteiger partial charge in [0.2, 0.25) is 5.91 Å². The van der Waals surface area contributed by atoms with E-state index in [4.69, 9.17) is 4.74 Å². The van der Waals surface area contributed by atoms with Gasteiger partial charge in [-0.25, -0.2) is 4.98 Å². The fourth-order valence-corrected chi connectivity index (χ4v) is 3.35. The fraction of sp³-hybridized carbons (Fsp3) is 0.500. The molecule has 0 aliphatic carbocycles. The lowest BCUT2D eigenvalue weighted by molar-refractivity contribution is -0.142. The van der Waals surface area contributed by atoms with Crippen LogP contribution in [0.1, 0.15) is 32.5 Å². The van der Waals surface area contributed by atoms with Crippen LogP contribution in [0.5, 0.6) is 0 Å². The smallest absolute Gasteiger partial charge is 0.311 e. The number of hydrogen-bond donors (Lipinski definition) is 1. The molecule has 0 bridgehead atoms. The number of carbonyl (C=O) groups excluding carboxylic acids is 2. The van der Waals surface area contributed by atoms with Gasteiger partial charge in [-0.3, -0.25) is 9.59 Å². The molecule has 0 radical (unpaired) electrons. The van der Waals surface area contributed by atoms with Crippen LogP contribution in [0.25, 0.3) is 0 Å². The summed E-state index contributed by atoms with van der Waals surface area (Å²) in [7, 11) is 0. The molecule has 0 aromatic carbocycles. The average Bonchev–Trinajstić information content (AvgIpc) is 3.14. The SMILES string of the molecule is CCOC(=O)Cc1csc(NC(=O)CSc2nncn2C(C)C)n1. The number of rotatable bonds is 8. The molecule has 0 spiro atoms. The van der Waals surface area contributed by atoms with Crippen molar-refractivity contribution >= 4 is 40.1 Å². The van der Waals surface area contributed by atoms with E-state index in [1.54, 1.807) is 18.6 Å². The third-order valence-corrected chi connectivity index (χ3v) is 4.62. The van der Waals surface area contributed by atoms with Crippen LogP contribution in [0.4, 0.5) is 5.13 Å². The van der Waals surface area contributed by atoms with Crippen LogP contribution in [-0.2, 0) is 20.7 Å². The van der Waals surface area contributed by atoms with E-state index in [1.807, 2.05) is 18.4 Å². The first-order valence-corrected chi connectivity index (χ1v) is 9.28. The van der Waals surface area contributed by atoms with E-state index in [0.29, 0.717) is 22.6 Å². The Kier molecular flexibility index (Phi) is 6.73. The summed E-state index contributed by atoms with van der Waals surface area (Å²) in [5, 5.41) is 13.5. The summed E-state index contributed by atoms with van der Waals surface area (Å²) in [5.74, 6) is -0.308. The number of esters is 1. The van der Waals surface area contributed by atoms with Crippen LogP contribution in [0.2, 0.25) is 0 Å². The summed E-state index contributed by atoms with van der Waals surface area (Å²) in [6.45, 7) is 6.13. The molecule has 2 rings (SSSR count). The summed E-state index contributed by atoms with van der Waals surface area (Å²) in [5.41, 5.74) is 0.584. The van der Waals surface area contributed by atoms with Gasteiger partial charge in [-0.2, -0.15) is 0 Å². The summed E-state index contributed by atoms with van der Waals surface area (Å²) in [6, 6.07) is 0.231. The van der Waals surface area contributed by atoms with Crippen LogP contribution in [-0.4, -0.2) is 44.0 Å². The Hall–Kier alpha value is -1.94. The number of anilines is 1. The lowest BCUT2D eigenvalue weighted by Gasteiger charge is -2.08. The molecule has 130 valence electrons. The molecule has 0 atom stereocenters. The van der Waals surface area contributed by atoms with Crippen LogP contribution in [0.3, 0.4) is 0 Å². The number of thiazole rings is 1. The van der Waals surface area contributed by atoms with Crippen molar-refractivity contribution < 1.29 is 14.3 Å². The van der Waals surface area contributed by atoms with Gasteiger partial charge in [0.25, 0.3) is 0 Å². The monoisotopic (exact) mass is 369 g/mol. The maximum Gasteiger partial charge on any atom is 0.311 e. The minimum absolute atomic E-state index is 0.104. The molecule has 1 amide bonds. The number of nitrogens with one attached hydrogen (secondary N) is 1. The van der Waals surface area contributed by atoms with Gasteiger partial charge < -0.3 is 14.6 Å². The molecule has 10 heteroatoms. The molecule has 8 nitrogen and oxygen atoms in total. The highest BCUT2D eigenvalue weighted by atomic mass is 32.2. The second-order valence-electron chi connectivity index (χ2n) is 5.08. The van der Waals surface area contributed by atoms with E-state index in [9.17, 15) is 9.59 Å². The first-order valence-electron chi connectivity index (χ1n) is 7.41. The largest absolute Gasteiger partial charge is 0.466 e. The summed E-state index contributed by atoms with van der Waals surface area (Å²) < 4.78 is 6.77. The van der Waals surface area contributed by atoms with E-state index in [-0.39, 0.29) is 30.1 Å². The number of ether oxygens (including phenoxy) is 1. The molecule has 0 aliphatic heterocycles. The molecule has 0 fully saturated rings. The maximum absolute atomic E-state index is 12.0. The summed E-state index contributed by atoms with van der Waals surface area (Å²) in [4.78, 5) is 27.6. The van der Waals surface area contributed by atoms with Gasteiger partial charge in [-0.1, -0.05) is 11.8 Å².